The van der Waals surface area contributed by atoms with Crippen molar-refractivity contribution < 1.29 is 39.5 Å². The first-order valence-corrected chi connectivity index (χ1v) is 12.5. The van der Waals surface area contributed by atoms with E-state index in [0.717, 1.165) is 0 Å². The Balaban J connectivity index is 1.98. The SMILES string of the molecule is O=C(O)c1cc([N+](=O)[O-])c(NCCSSCCNc2c([N+](=O)[O-])cc(C(=O)O)cc2[N+](=O)[O-])c([N+](=O)[O-])c1. The topological polar surface area (TPSA) is 271 Å². The van der Waals surface area contributed by atoms with E-state index < -0.39 is 76.9 Å². The summed E-state index contributed by atoms with van der Waals surface area (Å²) < 4.78 is 0. The number of carboxylic acid groups (broad SMARTS) is 2. The fourth-order valence-electron chi connectivity index (χ4n) is 2.96. The number of rotatable bonds is 15. The van der Waals surface area contributed by atoms with Crippen LogP contribution in [0.4, 0.5) is 34.1 Å². The highest BCUT2D eigenvalue weighted by Crippen LogP contribution is 2.37. The minimum atomic E-state index is -1.57. The molecule has 0 spiro atoms. The van der Waals surface area contributed by atoms with E-state index in [1.165, 1.54) is 21.6 Å². The van der Waals surface area contributed by atoms with Crippen LogP contribution in [0.2, 0.25) is 0 Å². The van der Waals surface area contributed by atoms with Gasteiger partial charge in [0.1, 0.15) is 0 Å². The first-order valence-electron chi connectivity index (χ1n) is 9.97. The van der Waals surface area contributed by atoms with Crippen molar-refractivity contribution in [2.24, 2.45) is 0 Å². The molecule has 2 aromatic carbocycles. The molecule has 0 aliphatic heterocycles. The summed E-state index contributed by atoms with van der Waals surface area (Å²) in [6, 6.07) is 2.80. The molecule has 0 bridgehead atoms. The first-order chi connectivity index (χ1) is 17.8. The third kappa shape index (κ3) is 7.39. The van der Waals surface area contributed by atoms with Gasteiger partial charge in [-0.1, -0.05) is 21.6 Å². The quantitative estimate of drug-likeness (QED) is 0.103. The predicted molar refractivity (Wildman–Crippen MR) is 135 cm³/mol. The molecule has 0 unspecified atom stereocenters. The van der Waals surface area contributed by atoms with E-state index >= 15 is 0 Å². The van der Waals surface area contributed by atoms with E-state index in [9.17, 15) is 50.0 Å². The minimum absolute atomic E-state index is 0.00673. The van der Waals surface area contributed by atoms with E-state index in [-0.39, 0.29) is 24.6 Å². The van der Waals surface area contributed by atoms with Gasteiger partial charge in [0.05, 0.1) is 30.8 Å². The molecule has 0 saturated heterocycles. The minimum Gasteiger partial charge on any atom is -0.478 e. The number of aromatic carboxylic acids is 2. The largest absolute Gasteiger partial charge is 0.478 e. The number of nitro groups is 4. The summed E-state index contributed by atoms with van der Waals surface area (Å²) in [5.74, 6) is -2.63. The number of nitrogens with zero attached hydrogens (tertiary/aromatic N) is 4. The summed E-state index contributed by atoms with van der Waals surface area (Å²) in [5, 5.41) is 68.4. The van der Waals surface area contributed by atoms with Gasteiger partial charge in [0.25, 0.3) is 22.7 Å². The highest BCUT2D eigenvalue weighted by atomic mass is 33.1. The van der Waals surface area contributed by atoms with Crippen LogP contribution in [0.3, 0.4) is 0 Å². The summed E-state index contributed by atoms with van der Waals surface area (Å²) in [7, 11) is 2.41. The second-order valence-corrected chi connectivity index (χ2v) is 9.62. The Morgan fingerprint density at radius 2 is 0.895 bits per heavy atom. The Kier molecular flexibility index (Phi) is 10.1. The van der Waals surface area contributed by atoms with Crippen molar-refractivity contribution in [3.05, 3.63) is 75.8 Å². The van der Waals surface area contributed by atoms with Crippen molar-refractivity contribution in [2.45, 2.75) is 0 Å². The molecule has 0 aliphatic rings. The van der Waals surface area contributed by atoms with Crippen LogP contribution in [-0.2, 0) is 0 Å². The van der Waals surface area contributed by atoms with E-state index in [2.05, 4.69) is 10.6 Å². The third-order valence-electron chi connectivity index (χ3n) is 4.53. The number of carbonyl (C=O) groups is 2. The van der Waals surface area contributed by atoms with Crippen molar-refractivity contribution in [2.75, 3.05) is 35.2 Å². The van der Waals surface area contributed by atoms with E-state index in [0.29, 0.717) is 24.3 Å². The molecular weight excluding hydrogens is 556 g/mol. The lowest BCUT2D eigenvalue weighted by molar-refractivity contribution is -0.392. The summed E-state index contributed by atoms with van der Waals surface area (Å²) in [6.07, 6.45) is 0. The van der Waals surface area contributed by atoms with Gasteiger partial charge in [-0.2, -0.15) is 0 Å². The van der Waals surface area contributed by atoms with Crippen molar-refractivity contribution in [3.63, 3.8) is 0 Å². The lowest BCUT2D eigenvalue weighted by Gasteiger charge is -2.10. The van der Waals surface area contributed by atoms with Gasteiger partial charge in [-0.25, -0.2) is 9.59 Å². The summed E-state index contributed by atoms with van der Waals surface area (Å²) in [5.41, 5.74) is -5.28. The van der Waals surface area contributed by atoms with Crippen LogP contribution in [0, 0.1) is 40.5 Å². The second-order valence-electron chi connectivity index (χ2n) is 6.92. The number of hydrogen-bond donors (Lipinski definition) is 4. The van der Waals surface area contributed by atoms with Gasteiger partial charge in [0.15, 0.2) is 11.4 Å². The van der Waals surface area contributed by atoms with Crippen LogP contribution >= 0.6 is 21.6 Å². The number of carboxylic acids is 2. The molecule has 0 fully saturated rings. The number of nitro benzene ring substituents is 4. The Hall–Kier alpha value is -4.72. The van der Waals surface area contributed by atoms with Gasteiger partial charge >= 0.3 is 11.9 Å². The Bertz CT molecular complexity index is 1150. The molecule has 202 valence electrons. The van der Waals surface area contributed by atoms with Crippen LogP contribution < -0.4 is 10.6 Å². The molecular formula is C18H16N6O12S2. The molecule has 4 N–H and O–H groups in total. The van der Waals surface area contributed by atoms with E-state index in [1.807, 2.05) is 0 Å². The monoisotopic (exact) mass is 572 g/mol. The molecule has 0 radical (unpaired) electrons. The molecule has 2 rings (SSSR count). The van der Waals surface area contributed by atoms with Crippen LogP contribution in [0.5, 0.6) is 0 Å². The fourth-order valence-corrected chi connectivity index (χ4v) is 4.78. The number of benzene rings is 2. The average Bonchev–Trinajstić information content (AvgIpc) is 2.84. The highest BCUT2D eigenvalue weighted by molar-refractivity contribution is 8.76. The highest BCUT2D eigenvalue weighted by Gasteiger charge is 2.29. The number of hydrogen-bond acceptors (Lipinski definition) is 14. The third-order valence-corrected chi connectivity index (χ3v) is 6.94. The van der Waals surface area contributed by atoms with Gasteiger partial charge < -0.3 is 20.8 Å². The molecule has 0 atom stereocenters. The molecule has 20 heteroatoms. The van der Waals surface area contributed by atoms with E-state index in [1.54, 1.807) is 0 Å². The number of nitrogens with one attached hydrogen (secondary N) is 2. The van der Waals surface area contributed by atoms with Crippen LogP contribution in [-0.4, -0.2) is 66.4 Å². The standard InChI is InChI=1S/C18H16N6O12S2/c25-17(26)9-5-11(21(29)30)15(12(6-9)22(31)32)19-1-3-37-38-4-2-20-16-13(23(33)34)7-10(18(27)28)8-14(16)24(35)36/h5-8,19-20H,1-4H2,(H,25,26)(H,27,28). The van der Waals surface area contributed by atoms with Crippen molar-refractivity contribution in [3.8, 4) is 0 Å². The summed E-state index contributed by atoms with van der Waals surface area (Å²) in [6.45, 7) is 0.0135. The zero-order valence-electron chi connectivity index (χ0n) is 18.7. The van der Waals surface area contributed by atoms with Gasteiger partial charge in [0, 0.05) is 48.9 Å². The van der Waals surface area contributed by atoms with Crippen LogP contribution in [0.25, 0.3) is 0 Å². The Morgan fingerprint density at radius 3 is 1.11 bits per heavy atom. The van der Waals surface area contributed by atoms with Crippen molar-refractivity contribution >= 4 is 67.7 Å². The van der Waals surface area contributed by atoms with Crippen molar-refractivity contribution in [1.29, 1.82) is 0 Å². The Labute approximate surface area is 218 Å². The Morgan fingerprint density at radius 1 is 0.632 bits per heavy atom. The predicted octanol–water partition coefficient (Wildman–Crippen LogP) is 3.62. The molecule has 2 aromatic rings. The van der Waals surface area contributed by atoms with E-state index in [4.69, 9.17) is 10.2 Å². The smallest absolute Gasteiger partial charge is 0.336 e. The molecule has 0 amide bonds. The summed E-state index contributed by atoms with van der Waals surface area (Å²) >= 11 is 0. The maximum absolute atomic E-state index is 11.3. The van der Waals surface area contributed by atoms with Crippen molar-refractivity contribution in [1.82, 2.24) is 0 Å². The van der Waals surface area contributed by atoms with Gasteiger partial charge in [0.2, 0.25) is 0 Å². The van der Waals surface area contributed by atoms with Gasteiger partial charge in [-0.05, 0) is 0 Å². The lowest BCUT2D eigenvalue weighted by atomic mass is 10.1. The molecule has 0 aliphatic carbocycles. The maximum atomic E-state index is 11.3. The number of anilines is 2. The molecule has 38 heavy (non-hydrogen) atoms. The summed E-state index contributed by atoms with van der Waals surface area (Å²) in [4.78, 5) is 63.6. The van der Waals surface area contributed by atoms with Gasteiger partial charge in [-0.3, -0.25) is 40.5 Å². The maximum Gasteiger partial charge on any atom is 0.336 e. The zero-order valence-corrected chi connectivity index (χ0v) is 20.4. The molecule has 0 aromatic heterocycles. The average molecular weight is 572 g/mol. The second kappa shape index (κ2) is 13.0. The van der Waals surface area contributed by atoms with Crippen LogP contribution in [0.15, 0.2) is 24.3 Å². The zero-order chi connectivity index (χ0) is 28.6. The fraction of sp³-hybridized carbons (Fsp3) is 0.222. The molecule has 0 heterocycles. The lowest BCUT2D eigenvalue weighted by Crippen LogP contribution is -2.11. The molecule has 0 saturated carbocycles. The first kappa shape index (κ1) is 29.5. The normalized spacial score (nSPS) is 10.4. The van der Waals surface area contributed by atoms with Crippen LogP contribution in [0.1, 0.15) is 20.7 Å². The van der Waals surface area contributed by atoms with Gasteiger partial charge in [-0.15, -0.1) is 0 Å². The molecule has 18 nitrogen and oxygen atoms in total.